The van der Waals surface area contributed by atoms with Gasteiger partial charge in [-0.1, -0.05) is 70.9 Å². The summed E-state index contributed by atoms with van der Waals surface area (Å²) in [6, 6.07) is 14.4. The van der Waals surface area contributed by atoms with Crippen molar-refractivity contribution in [3.63, 3.8) is 0 Å². The number of amides is 2. The highest BCUT2D eigenvalue weighted by Gasteiger charge is 2.29. The molecule has 0 radical (unpaired) electrons. The van der Waals surface area contributed by atoms with E-state index in [2.05, 4.69) is 28.1 Å². The number of likely N-dealkylation sites (tertiary alicyclic amines) is 1. The number of hydrogen-bond donors (Lipinski definition) is 2. The first kappa shape index (κ1) is 27.1. The molecule has 2 amide bonds. The van der Waals surface area contributed by atoms with E-state index >= 15 is 0 Å². The van der Waals surface area contributed by atoms with Gasteiger partial charge in [-0.2, -0.15) is 0 Å². The van der Waals surface area contributed by atoms with Crippen LogP contribution in [-0.4, -0.2) is 45.8 Å². The maximum absolute atomic E-state index is 13.4. The molecule has 1 aromatic heterocycles. The van der Waals surface area contributed by atoms with E-state index in [0.29, 0.717) is 48.2 Å². The normalized spacial score (nSPS) is 15.9. The van der Waals surface area contributed by atoms with Gasteiger partial charge in [0.15, 0.2) is 10.1 Å². The Morgan fingerprint density at radius 3 is 2.03 bits per heavy atom. The third-order valence-corrected chi connectivity index (χ3v) is 7.28. The highest BCUT2D eigenvalue weighted by Crippen LogP contribution is 2.27. The molecule has 0 bridgehead atoms. The molecule has 0 saturated carbocycles. The fraction of sp³-hybridized carbons (Fsp3) is 0.192. The highest BCUT2D eigenvalue weighted by atomic mass is 35.5. The standard InChI is InChI=1S/C26H22Cl2N4O3S2/c27-20-8-3-1-6-16(20)12-18-14-32(15-19(24(18)35)13-17-7-2-4-9-21(17)28)23(34)11-5-10-22(33)29-25-30-31-26(36)37-25/h1-4,6-9,12-13H,5,10-11,14-15H2,(H,31,36)(H,29,30,33)/b18-12+,19-13+. The minimum absolute atomic E-state index is 0.143. The molecule has 7 nitrogen and oxygen atoms in total. The second kappa shape index (κ2) is 12.5. The number of piperidine rings is 1. The fourth-order valence-electron chi connectivity index (χ4n) is 3.78. The highest BCUT2D eigenvalue weighted by molar-refractivity contribution is 7.82. The predicted octanol–water partition coefficient (Wildman–Crippen LogP) is 5.82. The maximum Gasteiger partial charge on any atom is 0.226 e. The van der Waals surface area contributed by atoms with E-state index in [4.69, 9.17) is 23.2 Å². The Kier molecular flexibility index (Phi) is 9.15. The summed E-state index contributed by atoms with van der Waals surface area (Å²) in [6.07, 6.45) is 4.07. The zero-order valence-corrected chi connectivity index (χ0v) is 22.7. The first-order valence-corrected chi connectivity index (χ1v) is 13.4. The number of rotatable bonds is 7. The largest absolute Gasteiger partial charge is 0.334 e. The summed E-state index contributed by atoms with van der Waals surface area (Å²) in [5, 5.41) is 11.6. The molecule has 2 aromatic carbocycles. The van der Waals surface area contributed by atoms with Gasteiger partial charge in [-0.3, -0.25) is 14.4 Å². The summed E-state index contributed by atoms with van der Waals surface area (Å²) in [5.41, 5.74) is 2.28. The summed E-state index contributed by atoms with van der Waals surface area (Å²) < 4.78 is 0.450. The molecule has 37 heavy (non-hydrogen) atoms. The molecule has 1 N–H and O–H groups in total. The van der Waals surface area contributed by atoms with Crippen molar-refractivity contribution >= 4 is 82.0 Å². The molecule has 1 fully saturated rings. The van der Waals surface area contributed by atoms with Crippen molar-refractivity contribution in [2.45, 2.75) is 23.6 Å². The van der Waals surface area contributed by atoms with Gasteiger partial charge in [-0.05, 0) is 41.8 Å². The van der Waals surface area contributed by atoms with Crippen molar-refractivity contribution in [1.82, 2.24) is 15.1 Å². The Labute approximate surface area is 233 Å². The molecule has 1 aliphatic heterocycles. The van der Waals surface area contributed by atoms with Crippen LogP contribution in [-0.2, 0) is 14.4 Å². The Bertz CT molecular complexity index is 1340. The lowest BCUT2D eigenvalue weighted by molar-refractivity contribution is -0.131. The van der Waals surface area contributed by atoms with Gasteiger partial charge in [-0.15, -0.1) is 22.8 Å². The number of nitrogens with one attached hydrogen (secondary N) is 1. The van der Waals surface area contributed by atoms with Crippen LogP contribution in [0.5, 0.6) is 0 Å². The van der Waals surface area contributed by atoms with Crippen LogP contribution in [0.15, 0.2) is 64.0 Å². The van der Waals surface area contributed by atoms with Crippen LogP contribution in [0.25, 0.3) is 12.2 Å². The number of anilines is 1. The van der Waals surface area contributed by atoms with E-state index in [1.807, 2.05) is 36.4 Å². The Hall–Kier alpha value is -2.98. The smallest absolute Gasteiger partial charge is 0.226 e. The molecule has 190 valence electrons. The van der Waals surface area contributed by atoms with Crippen LogP contribution >= 0.6 is 47.2 Å². The third kappa shape index (κ3) is 7.29. The quantitative estimate of drug-likeness (QED) is 0.211. The lowest BCUT2D eigenvalue weighted by atomic mass is 9.94. The molecular weight excluding hydrogens is 551 g/mol. The van der Waals surface area contributed by atoms with Gasteiger partial charge in [0.25, 0.3) is 0 Å². The summed E-state index contributed by atoms with van der Waals surface area (Å²) in [7, 11) is 0. The third-order valence-electron chi connectivity index (χ3n) is 5.58. The monoisotopic (exact) mass is 572 g/mol. The molecule has 0 spiro atoms. The number of ketones is 1. The molecule has 3 aromatic rings. The molecule has 1 aliphatic rings. The summed E-state index contributed by atoms with van der Waals surface area (Å²) >= 11 is 17.9. The Morgan fingerprint density at radius 1 is 0.946 bits per heavy atom. The second-order valence-electron chi connectivity index (χ2n) is 8.25. The summed E-state index contributed by atoms with van der Waals surface area (Å²) in [5.74, 6) is -0.586. The minimum Gasteiger partial charge on any atom is -0.334 e. The van der Waals surface area contributed by atoms with E-state index in [1.54, 1.807) is 29.2 Å². The van der Waals surface area contributed by atoms with Crippen LogP contribution in [0, 0.1) is 0 Å². The van der Waals surface area contributed by atoms with Crippen LogP contribution in [0.4, 0.5) is 5.13 Å². The average molecular weight is 574 g/mol. The molecule has 0 atom stereocenters. The fourth-order valence-corrected chi connectivity index (χ4v) is 4.97. The van der Waals surface area contributed by atoms with Crippen molar-refractivity contribution in [3.8, 4) is 0 Å². The number of halogens is 2. The number of nitrogens with zero attached hydrogens (tertiary/aromatic N) is 3. The van der Waals surface area contributed by atoms with E-state index in [1.165, 1.54) is 0 Å². The van der Waals surface area contributed by atoms with Crippen molar-refractivity contribution < 1.29 is 14.4 Å². The van der Waals surface area contributed by atoms with Crippen molar-refractivity contribution in [3.05, 3.63) is 80.8 Å². The number of aromatic nitrogens is 2. The molecule has 0 unspecified atom stereocenters. The number of carbonyl (C=O) groups excluding carboxylic acids is 3. The van der Waals surface area contributed by atoms with Gasteiger partial charge in [0.1, 0.15) is 0 Å². The van der Waals surface area contributed by atoms with Gasteiger partial charge in [0, 0.05) is 47.1 Å². The number of hydrogen-bond acceptors (Lipinski definition) is 7. The zero-order valence-electron chi connectivity index (χ0n) is 19.5. The molecule has 1 saturated heterocycles. The second-order valence-corrected chi connectivity index (χ2v) is 10.8. The lowest BCUT2D eigenvalue weighted by Gasteiger charge is -2.30. The van der Waals surface area contributed by atoms with E-state index in [9.17, 15) is 14.4 Å². The van der Waals surface area contributed by atoms with E-state index < -0.39 is 0 Å². The lowest BCUT2D eigenvalue weighted by Crippen LogP contribution is -2.41. The van der Waals surface area contributed by atoms with Crippen LogP contribution in [0.1, 0.15) is 30.4 Å². The SMILES string of the molecule is O=C(CCCC(=O)N1C/C(=C\c2ccccc2Cl)C(=O)/C(=C/c2ccccc2Cl)C1)Nc1nnc(S)s1. The van der Waals surface area contributed by atoms with Crippen molar-refractivity contribution in [2.24, 2.45) is 0 Å². The average Bonchev–Trinajstić information content (AvgIpc) is 3.28. The Morgan fingerprint density at radius 2 is 1.51 bits per heavy atom. The Balaban J connectivity index is 1.50. The molecule has 4 rings (SSSR count). The molecule has 2 heterocycles. The van der Waals surface area contributed by atoms with Crippen molar-refractivity contribution in [1.29, 1.82) is 0 Å². The zero-order chi connectivity index (χ0) is 26.4. The number of Topliss-reactive ketones (excluding diaryl/α,β-unsaturated/α-hetero) is 1. The van der Waals surface area contributed by atoms with Crippen LogP contribution < -0.4 is 5.32 Å². The minimum atomic E-state index is -0.260. The molecule has 0 aliphatic carbocycles. The number of benzene rings is 2. The predicted molar refractivity (Wildman–Crippen MR) is 150 cm³/mol. The molecular formula is C26H22Cl2N4O3S2. The van der Waals surface area contributed by atoms with Gasteiger partial charge in [-0.25, -0.2) is 0 Å². The molecule has 11 heteroatoms. The topological polar surface area (TPSA) is 92.3 Å². The van der Waals surface area contributed by atoms with Gasteiger partial charge < -0.3 is 10.2 Å². The van der Waals surface area contributed by atoms with E-state index in [-0.39, 0.29) is 43.5 Å². The van der Waals surface area contributed by atoms with Gasteiger partial charge in [0.05, 0.1) is 0 Å². The summed E-state index contributed by atoms with van der Waals surface area (Å²) in [6.45, 7) is 0.287. The first-order chi connectivity index (χ1) is 17.8. The van der Waals surface area contributed by atoms with Gasteiger partial charge >= 0.3 is 0 Å². The van der Waals surface area contributed by atoms with Crippen molar-refractivity contribution in [2.75, 3.05) is 18.4 Å². The first-order valence-electron chi connectivity index (χ1n) is 11.3. The maximum atomic E-state index is 13.4. The van der Waals surface area contributed by atoms with Crippen LogP contribution in [0.2, 0.25) is 10.0 Å². The van der Waals surface area contributed by atoms with Gasteiger partial charge in [0.2, 0.25) is 16.9 Å². The van der Waals surface area contributed by atoms with E-state index in [0.717, 1.165) is 11.3 Å². The van der Waals surface area contributed by atoms with Crippen LogP contribution in [0.3, 0.4) is 0 Å². The number of thiol groups is 1. The number of carbonyl (C=O) groups is 3. The summed E-state index contributed by atoms with van der Waals surface area (Å²) in [4.78, 5) is 40.3.